The number of carbonyl (C=O) groups excluding carboxylic acids is 3. The summed E-state index contributed by atoms with van der Waals surface area (Å²) < 4.78 is 0. The van der Waals surface area contributed by atoms with Crippen molar-refractivity contribution >= 4 is 17.5 Å². The van der Waals surface area contributed by atoms with Gasteiger partial charge in [-0.15, -0.1) is 0 Å². The van der Waals surface area contributed by atoms with Crippen LogP contribution in [-0.2, 0) is 20.8 Å². The molecule has 2 heterocycles. The lowest BCUT2D eigenvalue weighted by Gasteiger charge is -2.44. The number of rotatable bonds is 0. The van der Waals surface area contributed by atoms with E-state index in [9.17, 15) is 14.4 Å². The molecule has 120 valence electrons. The molecule has 3 aliphatic rings. The maximum absolute atomic E-state index is 13.1. The monoisotopic (exact) mass is 311 g/mol. The Bertz CT molecular complexity index is 714. The fourth-order valence-electron chi connectivity index (χ4n) is 4.71. The van der Waals surface area contributed by atoms with E-state index in [0.29, 0.717) is 19.4 Å². The fraction of sp³-hybridized carbons (Fsp3) is 0.526. The van der Waals surface area contributed by atoms with Crippen molar-refractivity contribution in [2.24, 2.45) is 10.8 Å². The molecule has 2 aliphatic heterocycles. The van der Waals surface area contributed by atoms with E-state index >= 15 is 0 Å². The molecule has 0 radical (unpaired) electrons. The highest BCUT2D eigenvalue weighted by atomic mass is 16.2. The minimum atomic E-state index is -1.15. The number of nitrogens with zero attached hydrogens (tertiary/aromatic N) is 1. The van der Waals surface area contributed by atoms with Gasteiger partial charge in [0.25, 0.3) is 0 Å². The Hall–Kier alpha value is -1.97. The first kappa shape index (κ1) is 14.6. The lowest BCUT2D eigenvalue weighted by atomic mass is 9.59. The van der Waals surface area contributed by atoms with Crippen LogP contribution in [0.15, 0.2) is 24.3 Å². The third-order valence-electron chi connectivity index (χ3n) is 5.77. The van der Waals surface area contributed by atoms with Crippen LogP contribution in [0, 0.1) is 10.8 Å². The first-order chi connectivity index (χ1) is 10.8. The highest BCUT2D eigenvalue weighted by molar-refractivity contribution is 6.14. The number of Topliss-reactive ketones (excluding diaryl/α,β-unsaturated/α-hetero) is 2. The molecule has 2 fully saturated rings. The molecule has 0 N–H and O–H groups in total. The Labute approximate surface area is 135 Å². The molecule has 1 spiro atoms. The molecule has 1 amide bonds. The topological polar surface area (TPSA) is 54.5 Å². The summed E-state index contributed by atoms with van der Waals surface area (Å²) in [7, 11) is 0. The Kier molecular flexibility index (Phi) is 2.88. The lowest BCUT2D eigenvalue weighted by molar-refractivity contribution is -0.150. The summed E-state index contributed by atoms with van der Waals surface area (Å²) in [4.78, 5) is 40.4. The van der Waals surface area contributed by atoms with Gasteiger partial charge in [-0.2, -0.15) is 0 Å². The summed E-state index contributed by atoms with van der Waals surface area (Å²) in [5.74, 6) is -0.140. The minimum absolute atomic E-state index is 0.0451. The molecule has 1 aromatic carbocycles. The number of hydrogen-bond acceptors (Lipinski definition) is 3. The first-order valence-corrected chi connectivity index (χ1v) is 8.29. The van der Waals surface area contributed by atoms with Crippen LogP contribution in [0.2, 0.25) is 0 Å². The van der Waals surface area contributed by atoms with Gasteiger partial charge in [-0.05, 0) is 23.0 Å². The Balaban J connectivity index is 1.89. The van der Waals surface area contributed by atoms with Gasteiger partial charge in [-0.25, -0.2) is 0 Å². The number of carbonyl (C=O) groups is 3. The van der Waals surface area contributed by atoms with Crippen molar-refractivity contribution in [2.45, 2.75) is 45.6 Å². The summed E-state index contributed by atoms with van der Waals surface area (Å²) in [5.41, 5.74) is 0.701. The van der Waals surface area contributed by atoms with Gasteiger partial charge in [0, 0.05) is 25.8 Å². The molecule has 0 aromatic heterocycles. The van der Waals surface area contributed by atoms with Crippen LogP contribution >= 0.6 is 0 Å². The van der Waals surface area contributed by atoms with E-state index in [0.717, 1.165) is 17.5 Å². The quantitative estimate of drug-likeness (QED) is 0.692. The van der Waals surface area contributed by atoms with Crippen LogP contribution in [0.5, 0.6) is 0 Å². The number of ketones is 2. The summed E-state index contributed by atoms with van der Waals surface area (Å²) in [5, 5.41) is 0. The largest absolute Gasteiger partial charge is 0.334 e. The smallest absolute Gasteiger partial charge is 0.224 e. The second kappa shape index (κ2) is 4.53. The highest BCUT2D eigenvalue weighted by Gasteiger charge is 2.64. The van der Waals surface area contributed by atoms with Gasteiger partial charge < -0.3 is 4.90 Å². The fourth-order valence-corrected chi connectivity index (χ4v) is 4.71. The van der Waals surface area contributed by atoms with Crippen molar-refractivity contribution in [1.82, 2.24) is 4.90 Å². The van der Waals surface area contributed by atoms with Gasteiger partial charge in [0.2, 0.25) is 5.91 Å². The molecule has 1 unspecified atom stereocenters. The van der Waals surface area contributed by atoms with E-state index in [1.54, 1.807) is 4.90 Å². The number of fused-ring (bicyclic) bond motifs is 4. The number of hydrogen-bond donors (Lipinski definition) is 0. The average molecular weight is 311 g/mol. The molecule has 1 saturated heterocycles. The molecule has 1 atom stereocenters. The van der Waals surface area contributed by atoms with E-state index in [1.807, 2.05) is 38.1 Å². The van der Waals surface area contributed by atoms with Crippen LogP contribution in [0.4, 0.5) is 0 Å². The van der Waals surface area contributed by atoms with Crippen LogP contribution in [-0.4, -0.2) is 28.9 Å². The summed E-state index contributed by atoms with van der Waals surface area (Å²) in [6.07, 6.45) is 1.60. The molecular formula is C19H21NO3. The Morgan fingerprint density at radius 1 is 1.00 bits per heavy atom. The lowest BCUT2D eigenvalue weighted by Crippen LogP contribution is -2.51. The van der Waals surface area contributed by atoms with Crippen molar-refractivity contribution in [3.05, 3.63) is 35.4 Å². The SMILES string of the molecule is CC1(C)CC(=O)C2(CC(=O)N3CCc4ccccc4C32)C(=O)C1. The minimum Gasteiger partial charge on any atom is -0.334 e. The molecular weight excluding hydrogens is 290 g/mol. The maximum Gasteiger partial charge on any atom is 0.224 e. The predicted molar refractivity (Wildman–Crippen MR) is 84.7 cm³/mol. The zero-order valence-electron chi connectivity index (χ0n) is 13.6. The van der Waals surface area contributed by atoms with Gasteiger partial charge >= 0.3 is 0 Å². The Morgan fingerprint density at radius 3 is 2.35 bits per heavy atom. The average Bonchev–Trinajstić information content (AvgIpc) is 2.79. The molecule has 23 heavy (non-hydrogen) atoms. The predicted octanol–water partition coefficient (Wildman–Crippen LogP) is 2.46. The van der Waals surface area contributed by atoms with Crippen molar-refractivity contribution in [2.75, 3.05) is 6.54 Å². The maximum atomic E-state index is 13.1. The highest BCUT2D eigenvalue weighted by Crippen LogP contribution is 2.56. The van der Waals surface area contributed by atoms with Crippen molar-refractivity contribution in [1.29, 1.82) is 0 Å². The van der Waals surface area contributed by atoms with Gasteiger partial charge in [-0.1, -0.05) is 38.1 Å². The second-order valence-electron chi connectivity index (χ2n) is 7.95. The van der Waals surface area contributed by atoms with Crippen LogP contribution in [0.1, 0.15) is 50.3 Å². The number of benzene rings is 1. The molecule has 4 nitrogen and oxygen atoms in total. The summed E-state index contributed by atoms with van der Waals surface area (Å²) in [6.45, 7) is 4.52. The first-order valence-electron chi connectivity index (χ1n) is 8.29. The molecule has 4 rings (SSSR count). The third-order valence-corrected chi connectivity index (χ3v) is 5.77. The molecule has 1 aliphatic carbocycles. The van der Waals surface area contributed by atoms with Crippen LogP contribution < -0.4 is 0 Å². The van der Waals surface area contributed by atoms with E-state index in [4.69, 9.17) is 0 Å². The zero-order valence-corrected chi connectivity index (χ0v) is 13.6. The van der Waals surface area contributed by atoms with Gasteiger partial charge in [0.05, 0.1) is 6.04 Å². The van der Waals surface area contributed by atoms with Crippen LogP contribution in [0.25, 0.3) is 0 Å². The summed E-state index contributed by atoms with van der Waals surface area (Å²) in [6, 6.07) is 7.54. The molecule has 0 bridgehead atoms. The van der Waals surface area contributed by atoms with E-state index in [2.05, 4.69) is 0 Å². The standard InChI is InChI=1S/C19H21NO3/c1-18(2)9-14(21)19(15(22)10-18)11-16(23)20-8-7-12-5-3-4-6-13(12)17(19)20/h3-6,17H,7-11H2,1-2H3. The van der Waals surface area contributed by atoms with Crippen molar-refractivity contribution < 1.29 is 14.4 Å². The van der Waals surface area contributed by atoms with Gasteiger partial charge in [-0.3, -0.25) is 14.4 Å². The normalized spacial score (nSPS) is 28.0. The number of amides is 1. The van der Waals surface area contributed by atoms with Gasteiger partial charge in [0.15, 0.2) is 0 Å². The second-order valence-corrected chi connectivity index (χ2v) is 7.95. The van der Waals surface area contributed by atoms with Crippen molar-refractivity contribution in [3.8, 4) is 0 Å². The van der Waals surface area contributed by atoms with Crippen LogP contribution in [0.3, 0.4) is 0 Å². The summed E-state index contributed by atoms with van der Waals surface area (Å²) >= 11 is 0. The molecule has 4 heteroatoms. The Morgan fingerprint density at radius 2 is 1.65 bits per heavy atom. The van der Waals surface area contributed by atoms with Gasteiger partial charge in [0.1, 0.15) is 17.0 Å². The van der Waals surface area contributed by atoms with Crippen molar-refractivity contribution in [3.63, 3.8) is 0 Å². The van der Waals surface area contributed by atoms with E-state index in [1.165, 1.54) is 0 Å². The molecule has 1 saturated carbocycles. The third kappa shape index (κ3) is 1.87. The molecule has 1 aromatic rings. The van der Waals surface area contributed by atoms with E-state index in [-0.39, 0.29) is 29.3 Å². The zero-order chi connectivity index (χ0) is 16.4. The van der Waals surface area contributed by atoms with E-state index < -0.39 is 11.5 Å².